The van der Waals surface area contributed by atoms with Crippen molar-refractivity contribution in [3.05, 3.63) is 90.5 Å². The number of para-hydroxylation sites is 3. The van der Waals surface area contributed by atoms with Crippen molar-refractivity contribution in [3.8, 4) is 0 Å². The number of nitrogens with two attached hydrogens (primary N) is 1. The number of nitrogens with one attached hydrogen (secondary N) is 1. The summed E-state index contributed by atoms with van der Waals surface area (Å²) in [7, 11) is 0. The van der Waals surface area contributed by atoms with Gasteiger partial charge in [0.1, 0.15) is 6.04 Å². The molecule has 1 aliphatic heterocycles. The maximum absolute atomic E-state index is 13.7. The van der Waals surface area contributed by atoms with Crippen LogP contribution < -0.4 is 20.9 Å². The van der Waals surface area contributed by atoms with Crippen LogP contribution in [0.1, 0.15) is 33.3 Å². The van der Waals surface area contributed by atoms with Crippen LogP contribution in [0.25, 0.3) is 0 Å². The van der Waals surface area contributed by atoms with E-state index in [0.29, 0.717) is 13.0 Å². The summed E-state index contributed by atoms with van der Waals surface area (Å²) in [6.45, 7) is 8.27. The Bertz CT molecular complexity index is 1100. The Morgan fingerprint density at radius 2 is 1.46 bits per heavy atom. The molecule has 2 amide bonds. The van der Waals surface area contributed by atoms with Crippen molar-refractivity contribution in [2.24, 2.45) is 5.73 Å². The molecule has 0 saturated carbocycles. The molecule has 0 bridgehead atoms. The lowest BCUT2D eigenvalue weighted by molar-refractivity contribution is -0.128. The van der Waals surface area contributed by atoms with Crippen LogP contribution in [0.2, 0.25) is 0 Å². The monoisotopic (exact) mass is 472 g/mol. The topological polar surface area (TPSA) is 78.7 Å². The van der Waals surface area contributed by atoms with Crippen LogP contribution in [0, 0.1) is 0 Å². The van der Waals surface area contributed by atoms with Crippen LogP contribution in [-0.2, 0) is 16.0 Å². The van der Waals surface area contributed by atoms with Crippen molar-refractivity contribution in [2.75, 3.05) is 16.3 Å². The van der Waals surface area contributed by atoms with Gasteiger partial charge in [0.2, 0.25) is 5.91 Å². The van der Waals surface area contributed by atoms with Gasteiger partial charge in [-0.05, 0) is 50.1 Å². The summed E-state index contributed by atoms with van der Waals surface area (Å²) < 4.78 is 0. The molecule has 3 N–H and O–H groups in total. The average Bonchev–Trinajstić information content (AvgIpc) is 3.00. The predicted octanol–water partition coefficient (Wildman–Crippen LogP) is 4.66. The van der Waals surface area contributed by atoms with E-state index < -0.39 is 12.1 Å². The van der Waals surface area contributed by atoms with Crippen LogP contribution in [0.5, 0.6) is 0 Å². The first-order valence-electron chi connectivity index (χ1n) is 12.3. The lowest BCUT2D eigenvalue weighted by atomic mass is 10.1. The normalized spacial score (nSPS) is 16.1. The van der Waals surface area contributed by atoms with E-state index in [-0.39, 0.29) is 17.9 Å². The van der Waals surface area contributed by atoms with Gasteiger partial charge in [-0.3, -0.25) is 9.59 Å². The second kappa shape index (κ2) is 12.2. The molecular formula is C29H36N4O2. The second-order valence-corrected chi connectivity index (χ2v) is 8.59. The summed E-state index contributed by atoms with van der Waals surface area (Å²) in [4.78, 5) is 30.6. The third-order valence-electron chi connectivity index (χ3n) is 5.87. The molecule has 0 radical (unpaired) electrons. The molecule has 3 aromatic rings. The lowest BCUT2D eigenvalue weighted by Gasteiger charge is -2.29. The molecule has 4 rings (SSSR count). The number of rotatable bonds is 6. The first kappa shape index (κ1) is 26.0. The highest BCUT2D eigenvalue weighted by Crippen LogP contribution is 2.38. The molecule has 0 fully saturated rings. The quantitative estimate of drug-likeness (QED) is 0.547. The molecule has 6 nitrogen and oxygen atoms in total. The Hall–Kier alpha value is -3.64. The lowest BCUT2D eigenvalue weighted by Crippen LogP contribution is -2.56. The molecule has 0 spiro atoms. The van der Waals surface area contributed by atoms with E-state index in [1.807, 2.05) is 113 Å². The molecule has 0 aromatic heterocycles. The predicted molar refractivity (Wildman–Crippen MR) is 144 cm³/mol. The van der Waals surface area contributed by atoms with E-state index in [2.05, 4.69) is 10.2 Å². The van der Waals surface area contributed by atoms with Crippen LogP contribution in [0.4, 0.5) is 17.1 Å². The third-order valence-corrected chi connectivity index (χ3v) is 5.87. The van der Waals surface area contributed by atoms with Gasteiger partial charge in [-0.2, -0.15) is 0 Å². The molecule has 1 heterocycles. The fraction of sp³-hybridized carbons (Fsp3) is 0.310. The Kier molecular flexibility index (Phi) is 9.04. The summed E-state index contributed by atoms with van der Waals surface area (Å²) >= 11 is 0. The van der Waals surface area contributed by atoms with Gasteiger partial charge < -0.3 is 20.9 Å². The molecule has 6 heteroatoms. The van der Waals surface area contributed by atoms with Crippen LogP contribution in [0.15, 0.2) is 84.9 Å². The maximum atomic E-state index is 13.7. The molecule has 184 valence electrons. The minimum atomic E-state index is -0.747. The number of carbonyl (C=O) groups is 2. The van der Waals surface area contributed by atoms with Crippen molar-refractivity contribution in [2.45, 2.75) is 52.2 Å². The number of anilines is 3. The van der Waals surface area contributed by atoms with E-state index in [1.54, 1.807) is 4.90 Å². The minimum absolute atomic E-state index is 0.0771. The molecular weight excluding hydrogens is 436 g/mol. The van der Waals surface area contributed by atoms with Crippen molar-refractivity contribution >= 4 is 28.9 Å². The first-order chi connectivity index (χ1) is 17.0. The van der Waals surface area contributed by atoms with E-state index in [0.717, 1.165) is 22.6 Å². The Labute approximate surface area is 208 Å². The van der Waals surface area contributed by atoms with Crippen molar-refractivity contribution < 1.29 is 9.59 Å². The molecule has 2 atom stereocenters. The third kappa shape index (κ3) is 6.08. The van der Waals surface area contributed by atoms with E-state index >= 15 is 0 Å². The van der Waals surface area contributed by atoms with Crippen LogP contribution in [0.3, 0.4) is 0 Å². The van der Waals surface area contributed by atoms with Crippen molar-refractivity contribution in [1.29, 1.82) is 0 Å². The van der Waals surface area contributed by atoms with E-state index in [9.17, 15) is 9.59 Å². The minimum Gasteiger partial charge on any atom is -0.341 e. The molecule has 1 unspecified atom stereocenters. The molecule has 0 saturated heterocycles. The van der Waals surface area contributed by atoms with E-state index in [1.165, 1.54) is 0 Å². The number of nitrogens with zero attached hydrogens (tertiary/aromatic N) is 2. The smallest absolute Gasteiger partial charge is 0.251 e. The fourth-order valence-electron chi connectivity index (χ4n) is 4.27. The fourth-order valence-corrected chi connectivity index (χ4v) is 4.27. The average molecular weight is 473 g/mol. The number of carbonyl (C=O) groups excluding carboxylic acids is 2. The standard InChI is InChI=1S/C27H30N4O2.C2H6/c1-19(2)31-25-16-10-9-15-24(25)30(21-13-7-4-8-14-21)18-23(27(31)33)29-26(32)22(28)17-20-11-5-3-6-12-20;1-2/h3-16,19,22-23H,17-18,28H2,1-2H3,(H,29,32);1-2H3/t22-,23?;/m1./s1. The van der Waals surface area contributed by atoms with Gasteiger partial charge in [-0.25, -0.2) is 0 Å². The number of benzene rings is 3. The van der Waals surface area contributed by atoms with Gasteiger partial charge in [0.15, 0.2) is 0 Å². The van der Waals surface area contributed by atoms with Gasteiger partial charge >= 0.3 is 0 Å². The molecule has 1 aliphatic rings. The number of amides is 2. The van der Waals surface area contributed by atoms with Gasteiger partial charge in [0.25, 0.3) is 5.91 Å². The van der Waals surface area contributed by atoms with Gasteiger partial charge in [0, 0.05) is 11.7 Å². The highest BCUT2D eigenvalue weighted by Gasteiger charge is 2.36. The Balaban J connectivity index is 0.00000167. The molecule has 0 aliphatic carbocycles. The Morgan fingerprint density at radius 3 is 2.06 bits per heavy atom. The summed E-state index contributed by atoms with van der Waals surface area (Å²) in [5, 5.41) is 2.95. The Morgan fingerprint density at radius 1 is 0.914 bits per heavy atom. The summed E-state index contributed by atoms with van der Waals surface area (Å²) in [5.74, 6) is -0.476. The van der Waals surface area contributed by atoms with Gasteiger partial charge in [-0.15, -0.1) is 0 Å². The molecule has 3 aromatic carbocycles. The number of hydrogen-bond acceptors (Lipinski definition) is 4. The first-order valence-corrected chi connectivity index (χ1v) is 12.3. The number of fused-ring (bicyclic) bond motifs is 1. The highest BCUT2D eigenvalue weighted by atomic mass is 16.2. The zero-order valence-corrected chi connectivity index (χ0v) is 21.0. The van der Waals surface area contributed by atoms with E-state index in [4.69, 9.17) is 5.73 Å². The SMILES string of the molecule is CC.CC(C)N1C(=O)C(NC(=O)[C@H](N)Cc2ccccc2)CN(c2ccccc2)c2ccccc21. The number of hydrogen-bond donors (Lipinski definition) is 2. The zero-order chi connectivity index (χ0) is 25.4. The van der Waals surface area contributed by atoms with Gasteiger partial charge in [0.05, 0.1) is 24.0 Å². The van der Waals surface area contributed by atoms with Crippen LogP contribution >= 0.6 is 0 Å². The summed E-state index contributed by atoms with van der Waals surface area (Å²) in [6.07, 6.45) is 0.407. The van der Waals surface area contributed by atoms with Crippen molar-refractivity contribution in [3.63, 3.8) is 0 Å². The highest BCUT2D eigenvalue weighted by molar-refractivity contribution is 6.05. The summed E-state index contributed by atoms with van der Waals surface area (Å²) in [6, 6.07) is 25.9. The van der Waals surface area contributed by atoms with Gasteiger partial charge in [-0.1, -0.05) is 74.5 Å². The van der Waals surface area contributed by atoms with Crippen LogP contribution in [-0.4, -0.2) is 36.5 Å². The maximum Gasteiger partial charge on any atom is 0.251 e. The second-order valence-electron chi connectivity index (χ2n) is 8.59. The molecule has 35 heavy (non-hydrogen) atoms. The largest absolute Gasteiger partial charge is 0.341 e. The zero-order valence-electron chi connectivity index (χ0n) is 21.0. The van der Waals surface area contributed by atoms with Crippen molar-refractivity contribution in [1.82, 2.24) is 5.32 Å². The summed E-state index contributed by atoms with van der Waals surface area (Å²) in [5.41, 5.74) is 9.91.